The first kappa shape index (κ1) is 18.5. The van der Waals surface area contributed by atoms with Crippen LogP contribution in [0.5, 0.6) is 0 Å². The molecule has 2 rings (SSSR count). The number of aromatic carboxylic acids is 1. The first-order valence-corrected chi connectivity index (χ1v) is 8.39. The number of carboxylic acids is 1. The second-order valence-corrected chi connectivity index (χ2v) is 6.10. The Balaban J connectivity index is 2.34. The molecule has 2 aromatic rings. The fourth-order valence-electron chi connectivity index (χ4n) is 2.77. The van der Waals surface area contributed by atoms with Gasteiger partial charge in [0.05, 0.1) is 11.6 Å². The normalized spacial score (nSPS) is 11.8. The van der Waals surface area contributed by atoms with Crippen LogP contribution in [0.2, 0.25) is 0 Å². The highest BCUT2D eigenvalue weighted by molar-refractivity contribution is 5.87. The van der Waals surface area contributed by atoms with Crippen LogP contribution in [0.25, 0.3) is 0 Å². The maximum Gasteiger partial charge on any atom is 0.335 e. The molecule has 2 aromatic carbocycles. The predicted octanol–water partition coefficient (Wildman–Crippen LogP) is 3.91. The number of hydrogen-bond acceptors (Lipinski definition) is 2. The number of benzene rings is 2. The van der Waals surface area contributed by atoms with Gasteiger partial charge in [0, 0.05) is 12.6 Å². The molecule has 5 nitrogen and oxygen atoms in total. The molecule has 0 saturated heterocycles. The van der Waals surface area contributed by atoms with E-state index in [-0.39, 0.29) is 23.7 Å². The van der Waals surface area contributed by atoms with Gasteiger partial charge in [-0.25, -0.2) is 9.59 Å². The second kappa shape index (κ2) is 8.33. The lowest BCUT2D eigenvalue weighted by Gasteiger charge is -2.29. The van der Waals surface area contributed by atoms with Gasteiger partial charge in [-0.3, -0.25) is 0 Å². The lowest BCUT2D eigenvalue weighted by Crippen LogP contribution is -2.45. The van der Waals surface area contributed by atoms with Crippen LogP contribution >= 0.6 is 0 Å². The third-order valence-corrected chi connectivity index (χ3v) is 4.12. The summed E-state index contributed by atoms with van der Waals surface area (Å²) in [5.74, 6) is -0.969. The lowest BCUT2D eigenvalue weighted by molar-refractivity contribution is 0.0696. The maximum absolute atomic E-state index is 12.7. The van der Waals surface area contributed by atoms with Crippen LogP contribution in [0.3, 0.4) is 0 Å². The van der Waals surface area contributed by atoms with Gasteiger partial charge >= 0.3 is 12.0 Å². The standard InChI is InChI=1S/C20H24N2O3/c1-4-22(14(2)3)20(25)21-18(15-8-6-5-7-9-15)16-10-12-17(13-11-16)19(23)24/h5-14,18H,4H2,1-3H3,(H,21,25)(H,23,24). The Bertz CT molecular complexity index is 711. The quantitative estimate of drug-likeness (QED) is 0.837. The van der Waals surface area contributed by atoms with Crippen LogP contribution in [-0.2, 0) is 0 Å². The topological polar surface area (TPSA) is 69.6 Å². The van der Waals surface area contributed by atoms with Crippen LogP contribution in [0.1, 0.15) is 48.3 Å². The zero-order valence-electron chi connectivity index (χ0n) is 14.8. The Morgan fingerprint density at radius 1 is 1.00 bits per heavy atom. The van der Waals surface area contributed by atoms with Crippen molar-refractivity contribution < 1.29 is 14.7 Å². The highest BCUT2D eigenvalue weighted by atomic mass is 16.4. The Kier molecular flexibility index (Phi) is 6.17. The predicted molar refractivity (Wildman–Crippen MR) is 97.7 cm³/mol. The summed E-state index contributed by atoms with van der Waals surface area (Å²) in [4.78, 5) is 25.5. The summed E-state index contributed by atoms with van der Waals surface area (Å²) in [7, 11) is 0. The average Bonchev–Trinajstić information content (AvgIpc) is 2.61. The van der Waals surface area contributed by atoms with E-state index in [1.54, 1.807) is 29.2 Å². The van der Waals surface area contributed by atoms with Crippen LogP contribution in [0, 0.1) is 0 Å². The van der Waals surface area contributed by atoms with E-state index in [4.69, 9.17) is 5.11 Å². The molecule has 0 saturated carbocycles. The number of carbonyl (C=O) groups excluding carboxylic acids is 1. The number of carbonyl (C=O) groups is 2. The molecule has 0 spiro atoms. The molecule has 25 heavy (non-hydrogen) atoms. The third-order valence-electron chi connectivity index (χ3n) is 4.12. The lowest BCUT2D eigenvalue weighted by atomic mass is 9.97. The molecule has 0 fully saturated rings. The van der Waals surface area contributed by atoms with E-state index in [1.807, 2.05) is 51.1 Å². The van der Waals surface area contributed by atoms with Crippen molar-refractivity contribution >= 4 is 12.0 Å². The van der Waals surface area contributed by atoms with Crippen LogP contribution in [-0.4, -0.2) is 34.6 Å². The largest absolute Gasteiger partial charge is 0.478 e. The molecular formula is C20H24N2O3. The van der Waals surface area contributed by atoms with Crippen molar-refractivity contribution in [3.8, 4) is 0 Å². The number of nitrogens with zero attached hydrogens (tertiary/aromatic N) is 1. The third kappa shape index (κ3) is 4.59. The van der Waals surface area contributed by atoms with E-state index < -0.39 is 5.97 Å². The molecule has 1 atom stereocenters. The monoisotopic (exact) mass is 340 g/mol. The molecule has 0 aromatic heterocycles. The molecule has 2 N–H and O–H groups in total. The van der Waals surface area contributed by atoms with Crippen LogP contribution in [0.15, 0.2) is 54.6 Å². The first-order valence-electron chi connectivity index (χ1n) is 8.39. The summed E-state index contributed by atoms with van der Waals surface area (Å²) in [5.41, 5.74) is 2.00. The SMILES string of the molecule is CCN(C(=O)NC(c1ccccc1)c1ccc(C(=O)O)cc1)C(C)C. The van der Waals surface area contributed by atoms with Crippen LogP contribution < -0.4 is 5.32 Å². The molecule has 0 bridgehead atoms. The molecular weight excluding hydrogens is 316 g/mol. The molecule has 132 valence electrons. The summed E-state index contributed by atoms with van der Waals surface area (Å²) in [5, 5.41) is 12.1. The van der Waals surface area contributed by atoms with Crippen molar-refractivity contribution in [2.45, 2.75) is 32.9 Å². The van der Waals surface area contributed by atoms with E-state index in [0.717, 1.165) is 11.1 Å². The second-order valence-electron chi connectivity index (χ2n) is 6.10. The van der Waals surface area contributed by atoms with Crippen molar-refractivity contribution in [2.24, 2.45) is 0 Å². The zero-order chi connectivity index (χ0) is 18.4. The smallest absolute Gasteiger partial charge is 0.335 e. The van der Waals surface area contributed by atoms with E-state index in [9.17, 15) is 9.59 Å². The minimum Gasteiger partial charge on any atom is -0.478 e. The molecule has 0 radical (unpaired) electrons. The van der Waals surface area contributed by atoms with E-state index in [2.05, 4.69) is 5.32 Å². The number of hydrogen-bond donors (Lipinski definition) is 2. The number of amides is 2. The summed E-state index contributed by atoms with van der Waals surface area (Å²) < 4.78 is 0. The fraction of sp³-hybridized carbons (Fsp3) is 0.300. The molecule has 5 heteroatoms. The van der Waals surface area contributed by atoms with E-state index in [1.165, 1.54) is 0 Å². The number of rotatable bonds is 6. The van der Waals surface area contributed by atoms with Crippen molar-refractivity contribution in [1.29, 1.82) is 0 Å². The highest BCUT2D eigenvalue weighted by Crippen LogP contribution is 2.23. The van der Waals surface area contributed by atoms with Gasteiger partial charge in [0.25, 0.3) is 0 Å². The van der Waals surface area contributed by atoms with Crippen molar-refractivity contribution in [2.75, 3.05) is 6.54 Å². The summed E-state index contributed by atoms with van der Waals surface area (Å²) in [6.07, 6.45) is 0. The molecule has 0 heterocycles. The van der Waals surface area contributed by atoms with Gasteiger partial charge in [-0.1, -0.05) is 42.5 Å². The van der Waals surface area contributed by atoms with Crippen molar-refractivity contribution in [1.82, 2.24) is 10.2 Å². The first-order chi connectivity index (χ1) is 11.9. The molecule has 0 aliphatic heterocycles. The summed E-state index contributed by atoms with van der Waals surface area (Å²) in [6, 6.07) is 15.8. The molecule has 2 amide bonds. The zero-order valence-corrected chi connectivity index (χ0v) is 14.8. The Morgan fingerprint density at radius 2 is 1.56 bits per heavy atom. The van der Waals surface area contributed by atoms with Gasteiger partial charge in [-0.15, -0.1) is 0 Å². The van der Waals surface area contributed by atoms with Gasteiger partial charge < -0.3 is 15.3 Å². The highest BCUT2D eigenvalue weighted by Gasteiger charge is 2.21. The van der Waals surface area contributed by atoms with Gasteiger partial charge in [0.1, 0.15) is 0 Å². The Labute approximate surface area is 148 Å². The fourth-order valence-corrected chi connectivity index (χ4v) is 2.77. The van der Waals surface area contributed by atoms with Crippen molar-refractivity contribution in [3.63, 3.8) is 0 Å². The number of urea groups is 1. The number of carboxylic acid groups (broad SMARTS) is 1. The Hall–Kier alpha value is -2.82. The molecule has 0 aliphatic carbocycles. The van der Waals surface area contributed by atoms with E-state index in [0.29, 0.717) is 6.54 Å². The minimum atomic E-state index is -0.969. The summed E-state index contributed by atoms with van der Waals surface area (Å²) in [6.45, 7) is 6.51. The van der Waals surface area contributed by atoms with Crippen molar-refractivity contribution in [3.05, 3.63) is 71.3 Å². The molecule has 1 unspecified atom stereocenters. The van der Waals surface area contributed by atoms with Crippen LogP contribution in [0.4, 0.5) is 4.79 Å². The minimum absolute atomic E-state index is 0.0933. The maximum atomic E-state index is 12.7. The number of nitrogens with one attached hydrogen (secondary N) is 1. The van der Waals surface area contributed by atoms with Gasteiger partial charge in [0.15, 0.2) is 0 Å². The van der Waals surface area contributed by atoms with Gasteiger partial charge in [-0.05, 0) is 44.0 Å². The van der Waals surface area contributed by atoms with Gasteiger partial charge in [-0.2, -0.15) is 0 Å². The Morgan fingerprint density at radius 3 is 2.04 bits per heavy atom. The van der Waals surface area contributed by atoms with E-state index >= 15 is 0 Å². The van der Waals surface area contributed by atoms with Gasteiger partial charge in [0.2, 0.25) is 0 Å². The summed E-state index contributed by atoms with van der Waals surface area (Å²) >= 11 is 0. The average molecular weight is 340 g/mol. The molecule has 0 aliphatic rings.